The van der Waals surface area contributed by atoms with Crippen molar-refractivity contribution >= 4 is 5.97 Å². The molecule has 1 rings (SSSR count). The van der Waals surface area contributed by atoms with Crippen LogP contribution < -0.4 is 0 Å². The van der Waals surface area contributed by atoms with Gasteiger partial charge in [-0.2, -0.15) is 5.26 Å². The van der Waals surface area contributed by atoms with Gasteiger partial charge in [-0.25, -0.2) is 4.79 Å². The molecule has 0 aromatic carbocycles. The number of rotatable bonds is 1. The molecule has 1 aromatic heterocycles. The largest absolute Gasteiger partial charge is 0.475 e. The zero-order valence-electron chi connectivity index (χ0n) is 5.79. The zero-order chi connectivity index (χ0) is 8.43. The quantitative estimate of drug-likeness (QED) is 0.653. The van der Waals surface area contributed by atoms with Crippen LogP contribution in [0.15, 0.2) is 10.5 Å². The number of carbonyl (C=O) groups is 1. The molecular formula is C7H5NO3. The zero-order valence-corrected chi connectivity index (χ0v) is 5.79. The Bertz CT molecular complexity index is 332. The van der Waals surface area contributed by atoms with Crippen LogP contribution in [0.5, 0.6) is 0 Å². The second-order valence-electron chi connectivity index (χ2n) is 2.04. The van der Waals surface area contributed by atoms with Crippen LogP contribution in [0.3, 0.4) is 0 Å². The van der Waals surface area contributed by atoms with E-state index in [9.17, 15) is 4.79 Å². The SMILES string of the molecule is Cc1cc(C#N)oc1C(=O)O. The topological polar surface area (TPSA) is 74.2 Å². The summed E-state index contributed by atoms with van der Waals surface area (Å²) in [5, 5.41) is 16.8. The van der Waals surface area contributed by atoms with Gasteiger partial charge >= 0.3 is 5.97 Å². The molecule has 0 atom stereocenters. The average Bonchev–Trinajstić information content (AvgIpc) is 2.30. The summed E-state index contributed by atoms with van der Waals surface area (Å²) in [4.78, 5) is 10.3. The molecule has 56 valence electrons. The predicted octanol–water partition coefficient (Wildman–Crippen LogP) is 1.16. The Labute approximate surface area is 62.7 Å². The number of carboxylic acid groups (broad SMARTS) is 1. The van der Waals surface area contributed by atoms with Crippen molar-refractivity contribution in [2.45, 2.75) is 6.92 Å². The fourth-order valence-corrected chi connectivity index (χ4v) is 0.750. The third-order valence-electron chi connectivity index (χ3n) is 1.22. The number of aryl methyl sites for hydroxylation is 1. The third-order valence-corrected chi connectivity index (χ3v) is 1.22. The van der Waals surface area contributed by atoms with E-state index in [2.05, 4.69) is 4.42 Å². The lowest BCUT2D eigenvalue weighted by Gasteiger charge is -1.85. The maximum Gasteiger partial charge on any atom is 0.372 e. The predicted molar refractivity (Wildman–Crippen MR) is 35.1 cm³/mol. The highest BCUT2D eigenvalue weighted by molar-refractivity contribution is 5.86. The monoisotopic (exact) mass is 151 g/mol. The summed E-state index contributed by atoms with van der Waals surface area (Å²) in [6.07, 6.45) is 0. The molecule has 1 heterocycles. The van der Waals surface area contributed by atoms with Crippen molar-refractivity contribution in [2.75, 3.05) is 0 Å². The smallest absolute Gasteiger partial charge is 0.372 e. The Morgan fingerprint density at radius 2 is 2.45 bits per heavy atom. The third kappa shape index (κ3) is 1.22. The van der Waals surface area contributed by atoms with Crippen LogP contribution in [0.2, 0.25) is 0 Å². The van der Waals surface area contributed by atoms with Crippen LogP contribution in [-0.4, -0.2) is 11.1 Å². The minimum absolute atomic E-state index is 0.0277. The highest BCUT2D eigenvalue weighted by atomic mass is 16.4. The fourth-order valence-electron chi connectivity index (χ4n) is 0.750. The van der Waals surface area contributed by atoms with Crippen molar-refractivity contribution in [2.24, 2.45) is 0 Å². The van der Waals surface area contributed by atoms with E-state index in [-0.39, 0.29) is 11.5 Å². The van der Waals surface area contributed by atoms with E-state index < -0.39 is 5.97 Å². The van der Waals surface area contributed by atoms with E-state index in [1.54, 1.807) is 13.0 Å². The molecule has 0 radical (unpaired) electrons. The number of aromatic carboxylic acids is 1. The van der Waals surface area contributed by atoms with E-state index in [0.717, 1.165) is 0 Å². The average molecular weight is 151 g/mol. The first kappa shape index (κ1) is 7.35. The number of nitrogens with zero attached hydrogens (tertiary/aromatic N) is 1. The highest BCUT2D eigenvalue weighted by Gasteiger charge is 2.13. The van der Waals surface area contributed by atoms with Gasteiger partial charge in [0, 0.05) is 5.56 Å². The fraction of sp³-hybridized carbons (Fsp3) is 0.143. The van der Waals surface area contributed by atoms with Crippen LogP contribution in [0.25, 0.3) is 0 Å². The molecule has 0 unspecified atom stereocenters. The molecule has 11 heavy (non-hydrogen) atoms. The van der Waals surface area contributed by atoms with Gasteiger partial charge in [0.2, 0.25) is 11.5 Å². The molecule has 0 amide bonds. The second-order valence-corrected chi connectivity index (χ2v) is 2.04. The first-order valence-corrected chi connectivity index (χ1v) is 2.89. The molecule has 0 aliphatic rings. The van der Waals surface area contributed by atoms with Crippen molar-refractivity contribution in [3.63, 3.8) is 0 Å². The summed E-state index contributed by atoms with van der Waals surface area (Å²) < 4.78 is 4.66. The van der Waals surface area contributed by atoms with Crippen LogP contribution in [0, 0.1) is 18.3 Å². The Hall–Kier alpha value is -1.76. The van der Waals surface area contributed by atoms with Gasteiger partial charge in [0.1, 0.15) is 6.07 Å². The van der Waals surface area contributed by atoms with Gasteiger partial charge in [-0.05, 0) is 13.0 Å². The summed E-state index contributed by atoms with van der Waals surface area (Å²) in [5.74, 6) is -1.29. The van der Waals surface area contributed by atoms with Gasteiger partial charge in [0.15, 0.2) is 0 Å². The molecule has 0 saturated heterocycles. The Morgan fingerprint density at radius 3 is 2.73 bits per heavy atom. The molecule has 0 bridgehead atoms. The van der Waals surface area contributed by atoms with E-state index in [4.69, 9.17) is 10.4 Å². The van der Waals surface area contributed by atoms with Crippen LogP contribution in [-0.2, 0) is 0 Å². The van der Waals surface area contributed by atoms with Gasteiger partial charge < -0.3 is 9.52 Å². The number of nitriles is 1. The lowest BCUT2D eigenvalue weighted by Crippen LogP contribution is -1.94. The van der Waals surface area contributed by atoms with Crippen LogP contribution in [0.1, 0.15) is 21.9 Å². The lowest BCUT2D eigenvalue weighted by molar-refractivity contribution is 0.0660. The molecule has 1 aromatic rings. The van der Waals surface area contributed by atoms with Gasteiger partial charge in [-0.15, -0.1) is 0 Å². The molecule has 4 heteroatoms. The van der Waals surface area contributed by atoms with Crippen molar-refractivity contribution in [1.82, 2.24) is 0 Å². The maximum absolute atomic E-state index is 10.3. The number of furan rings is 1. The number of hydrogen-bond acceptors (Lipinski definition) is 3. The molecule has 0 spiro atoms. The van der Waals surface area contributed by atoms with Crippen molar-refractivity contribution in [3.8, 4) is 6.07 Å². The first-order chi connectivity index (χ1) is 5.15. The summed E-state index contributed by atoms with van der Waals surface area (Å²) in [7, 11) is 0. The van der Waals surface area contributed by atoms with Crippen molar-refractivity contribution in [1.29, 1.82) is 5.26 Å². The minimum atomic E-state index is -1.15. The van der Waals surface area contributed by atoms with E-state index in [1.807, 2.05) is 0 Å². The Balaban J connectivity index is 3.20. The van der Waals surface area contributed by atoms with Gasteiger partial charge in [0.05, 0.1) is 0 Å². The van der Waals surface area contributed by atoms with Crippen LogP contribution in [0.4, 0.5) is 0 Å². The van der Waals surface area contributed by atoms with E-state index >= 15 is 0 Å². The Kier molecular flexibility index (Phi) is 1.65. The van der Waals surface area contributed by atoms with Crippen LogP contribution >= 0.6 is 0 Å². The molecule has 0 aliphatic heterocycles. The van der Waals surface area contributed by atoms with Gasteiger partial charge in [0.25, 0.3) is 0 Å². The standard InChI is InChI=1S/C7H5NO3/c1-4-2-5(3-8)11-6(4)7(9)10/h2H,1H3,(H,9,10). The Morgan fingerprint density at radius 1 is 1.82 bits per heavy atom. The molecule has 0 aliphatic carbocycles. The summed E-state index contributed by atoms with van der Waals surface area (Å²) in [6, 6.07) is 3.11. The second kappa shape index (κ2) is 2.46. The molecule has 0 saturated carbocycles. The first-order valence-electron chi connectivity index (χ1n) is 2.89. The molecular weight excluding hydrogens is 146 g/mol. The number of hydrogen-bond donors (Lipinski definition) is 1. The number of carboxylic acids is 1. The highest BCUT2D eigenvalue weighted by Crippen LogP contribution is 2.12. The van der Waals surface area contributed by atoms with Crippen molar-refractivity contribution < 1.29 is 14.3 Å². The van der Waals surface area contributed by atoms with Gasteiger partial charge in [-0.3, -0.25) is 0 Å². The normalized spacial score (nSPS) is 9.09. The molecule has 4 nitrogen and oxygen atoms in total. The van der Waals surface area contributed by atoms with E-state index in [1.165, 1.54) is 6.07 Å². The minimum Gasteiger partial charge on any atom is -0.475 e. The maximum atomic E-state index is 10.3. The van der Waals surface area contributed by atoms with Gasteiger partial charge in [-0.1, -0.05) is 0 Å². The lowest BCUT2D eigenvalue weighted by atomic mass is 10.3. The molecule has 0 fully saturated rings. The summed E-state index contributed by atoms with van der Waals surface area (Å²) >= 11 is 0. The van der Waals surface area contributed by atoms with Crippen molar-refractivity contribution in [3.05, 3.63) is 23.2 Å². The summed E-state index contributed by atoms with van der Waals surface area (Å²) in [6.45, 7) is 1.58. The summed E-state index contributed by atoms with van der Waals surface area (Å²) in [5.41, 5.74) is 0.467. The molecule has 1 N–H and O–H groups in total. The van der Waals surface area contributed by atoms with E-state index in [0.29, 0.717) is 5.56 Å².